The number of halogens is 1. The Labute approximate surface area is 117 Å². The molecule has 9 heteroatoms. The summed E-state index contributed by atoms with van der Waals surface area (Å²) in [6.07, 6.45) is 0. The van der Waals surface area contributed by atoms with Gasteiger partial charge >= 0.3 is 0 Å². The minimum atomic E-state index is -0.627. The topological polar surface area (TPSA) is 92.9 Å². The SMILES string of the molecule is O=C(c1cc([N+](=O)[O-])c(Cl)s1)N1CCOCC1CO. The Hall–Kier alpha value is -1.22. The number of aliphatic hydroxyl groups excluding tert-OH is 1. The van der Waals surface area contributed by atoms with Gasteiger partial charge in [0, 0.05) is 12.6 Å². The molecule has 2 rings (SSSR count). The third-order valence-corrected chi connectivity index (χ3v) is 4.10. The Kier molecular flexibility index (Phi) is 4.35. The maximum Gasteiger partial charge on any atom is 0.299 e. The summed E-state index contributed by atoms with van der Waals surface area (Å²) in [4.78, 5) is 24.0. The molecule has 1 amide bonds. The van der Waals surface area contributed by atoms with Gasteiger partial charge in [0.1, 0.15) is 4.88 Å². The first-order valence-electron chi connectivity index (χ1n) is 5.48. The fraction of sp³-hybridized carbons (Fsp3) is 0.500. The molecule has 1 aromatic rings. The van der Waals surface area contributed by atoms with Gasteiger partial charge in [-0.2, -0.15) is 0 Å². The monoisotopic (exact) mass is 306 g/mol. The van der Waals surface area contributed by atoms with Crippen LogP contribution in [0.3, 0.4) is 0 Å². The van der Waals surface area contributed by atoms with Gasteiger partial charge in [-0.25, -0.2) is 0 Å². The molecular weight excluding hydrogens is 296 g/mol. The lowest BCUT2D eigenvalue weighted by atomic mass is 10.2. The molecule has 0 aromatic carbocycles. The van der Waals surface area contributed by atoms with Gasteiger partial charge in [-0.05, 0) is 0 Å². The molecule has 1 saturated heterocycles. The van der Waals surface area contributed by atoms with Gasteiger partial charge in [0.05, 0.1) is 30.8 Å². The average Bonchev–Trinajstić information content (AvgIpc) is 2.80. The highest BCUT2D eigenvalue weighted by molar-refractivity contribution is 7.18. The summed E-state index contributed by atoms with van der Waals surface area (Å²) in [5.41, 5.74) is -0.274. The summed E-state index contributed by atoms with van der Waals surface area (Å²) in [5.74, 6) is -0.373. The number of hydrogen-bond donors (Lipinski definition) is 1. The molecule has 7 nitrogen and oxygen atoms in total. The van der Waals surface area contributed by atoms with Crippen LogP contribution in [-0.4, -0.2) is 53.2 Å². The maximum atomic E-state index is 12.2. The summed E-state index contributed by atoms with van der Waals surface area (Å²) in [6.45, 7) is 0.757. The molecule has 1 N–H and O–H groups in total. The van der Waals surface area contributed by atoms with Gasteiger partial charge in [0.15, 0.2) is 4.34 Å². The Balaban J connectivity index is 2.23. The molecule has 0 radical (unpaired) electrons. The van der Waals surface area contributed by atoms with Crippen LogP contribution in [0.25, 0.3) is 0 Å². The molecule has 1 unspecified atom stereocenters. The summed E-state index contributed by atoms with van der Waals surface area (Å²) < 4.78 is 5.15. The number of rotatable bonds is 3. The normalized spacial score (nSPS) is 19.5. The van der Waals surface area contributed by atoms with E-state index in [0.29, 0.717) is 13.2 Å². The van der Waals surface area contributed by atoms with Gasteiger partial charge in [-0.15, -0.1) is 11.3 Å². The molecule has 1 aliphatic rings. The summed E-state index contributed by atoms with van der Waals surface area (Å²) >= 11 is 6.59. The van der Waals surface area contributed by atoms with Crippen molar-refractivity contribution in [3.63, 3.8) is 0 Å². The lowest BCUT2D eigenvalue weighted by Crippen LogP contribution is -2.50. The highest BCUT2D eigenvalue weighted by atomic mass is 35.5. The van der Waals surface area contributed by atoms with Gasteiger partial charge < -0.3 is 14.7 Å². The van der Waals surface area contributed by atoms with Crippen molar-refractivity contribution in [3.05, 3.63) is 25.4 Å². The predicted molar refractivity (Wildman–Crippen MR) is 68.7 cm³/mol. The number of nitro groups is 1. The van der Waals surface area contributed by atoms with E-state index in [-0.39, 0.29) is 34.0 Å². The van der Waals surface area contributed by atoms with Crippen LogP contribution in [0.1, 0.15) is 9.67 Å². The highest BCUT2D eigenvalue weighted by Crippen LogP contribution is 2.34. The second kappa shape index (κ2) is 5.83. The fourth-order valence-corrected chi connectivity index (χ4v) is 2.98. The Morgan fingerprint density at radius 1 is 1.74 bits per heavy atom. The van der Waals surface area contributed by atoms with Crippen LogP contribution in [-0.2, 0) is 4.74 Å². The first-order chi connectivity index (χ1) is 9.04. The first kappa shape index (κ1) is 14.2. The van der Waals surface area contributed by atoms with E-state index >= 15 is 0 Å². The zero-order valence-corrected chi connectivity index (χ0v) is 11.3. The molecule has 0 spiro atoms. The molecule has 104 valence electrons. The van der Waals surface area contributed by atoms with Crippen molar-refractivity contribution in [2.45, 2.75) is 6.04 Å². The van der Waals surface area contributed by atoms with Crippen LogP contribution in [0, 0.1) is 10.1 Å². The average molecular weight is 307 g/mol. The summed E-state index contributed by atoms with van der Waals surface area (Å²) in [7, 11) is 0. The smallest absolute Gasteiger partial charge is 0.299 e. The third kappa shape index (κ3) is 2.86. The molecule has 2 heterocycles. The molecular formula is C10H11ClN2O5S. The van der Waals surface area contributed by atoms with E-state index in [1.165, 1.54) is 11.0 Å². The molecule has 1 aromatic heterocycles. The van der Waals surface area contributed by atoms with Crippen molar-refractivity contribution in [1.29, 1.82) is 0 Å². The van der Waals surface area contributed by atoms with Crippen molar-refractivity contribution >= 4 is 34.5 Å². The fourth-order valence-electron chi connectivity index (χ4n) is 1.80. The predicted octanol–water partition coefficient (Wildman–Crippen LogP) is 1.14. The van der Waals surface area contributed by atoms with E-state index < -0.39 is 11.0 Å². The second-order valence-electron chi connectivity index (χ2n) is 3.94. The molecule has 1 fully saturated rings. The summed E-state index contributed by atoms with van der Waals surface area (Å²) in [5, 5.41) is 19.9. The van der Waals surface area contributed by atoms with Gasteiger partial charge in [-0.1, -0.05) is 11.6 Å². The van der Waals surface area contributed by atoms with E-state index in [1.54, 1.807) is 0 Å². The van der Waals surface area contributed by atoms with Crippen molar-refractivity contribution in [2.75, 3.05) is 26.4 Å². The number of morpholine rings is 1. The molecule has 0 aliphatic carbocycles. The maximum absolute atomic E-state index is 12.2. The minimum absolute atomic E-state index is 0.0258. The number of thiophene rings is 1. The van der Waals surface area contributed by atoms with Gasteiger partial charge in [0.2, 0.25) is 0 Å². The Bertz CT molecular complexity index is 506. The van der Waals surface area contributed by atoms with Crippen LogP contribution in [0.4, 0.5) is 5.69 Å². The lowest BCUT2D eigenvalue weighted by molar-refractivity contribution is -0.384. The van der Waals surface area contributed by atoms with Crippen molar-refractivity contribution in [3.8, 4) is 0 Å². The molecule has 19 heavy (non-hydrogen) atoms. The largest absolute Gasteiger partial charge is 0.394 e. The van der Waals surface area contributed by atoms with Crippen molar-refractivity contribution in [2.24, 2.45) is 0 Å². The molecule has 1 atom stereocenters. The van der Waals surface area contributed by atoms with E-state index in [2.05, 4.69) is 0 Å². The zero-order chi connectivity index (χ0) is 14.0. The molecule has 0 saturated carbocycles. The van der Waals surface area contributed by atoms with E-state index in [4.69, 9.17) is 16.3 Å². The number of carbonyl (C=O) groups excluding carboxylic acids is 1. The standard InChI is InChI=1S/C10H11ClN2O5S/c11-9-7(13(16)17)3-8(19-9)10(15)12-1-2-18-5-6(12)4-14/h3,6,14H,1-2,4-5H2. The highest BCUT2D eigenvalue weighted by Gasteiger charge is 2.30. The second-order valence-corrected chi connectivity index (χ2v) is 5.59. The summed E-state index contributed by atoms with van der Waals surface area (Å²) in [6, 6.07) is 0.736. The lowest BCUT2D eigenvalue weighted by Gasteiger charge is -2.34. The molecule has 1 aliphatic heterocycles. The quantitative estimate of drug-likeness (QED) is 0.668. The van der Waals surface area contributed by atoms with Crippen LogP contribution >= 0.6 is 22.9 Å². The van der Waals surface area contributed by atoms with Crippen LogP contribution < -0.4 is 0 Å². The van der Waals surface area contributed by atoms with Gasteiger partial charge in [0.25, 0.3) is 11.6 Å². The zero-order valence-electron chi connectivity index (χ0n) is 9.74. The van der Waals surface area contributed by atoms with Crippen LogP contribution in [0.2, 0.25) is 4.34 Å². The van der Waals surface area contributed by atoms with Crippen LogP contribution in [0.15, 0.2) is 6.07 Å². The number of carbonyl (C=O) groups is 1. The van der Waals surface area contributed by atoms with E-state index in [0.717, 1.165) is 11.3 Å². The number of ether oxygens (including phenoxy) is 1. The van der Waals surface area contributed by atoms with Gasteiger partial charge in [-0.3, -0.25) is 14.9 Å². The van der Waals surface area contributed by atoms with E-state index in [9.17, 15) is 20.0 Å². The minimum Gasteiger partial charge on any atom is -0.394 e. The number of hydrogen-bond acceptors (Lipinski definition) is 6. The number of nitrogens with zero attached hydrogens (tertiary/aromatic N) is 2. The third-order valence-electron chi connectivity index (χ3n) is 2.78. The Morgan fingerprint density at radius 3 is 3.05 bits per heavy atom. The number of aliphatic hydroxyl groups is 1. The molecule has 0 bridgehead atoms. The first-order valence-corrected chi connectivity index (χ1v) is 6.67. The van der Waals surface area contributed by atoms with Crippen molar-refractivity contribution < 1.29 is 19.6 Å². The Morgan fingerprint density at radius 2 is 2.47 bits per heavy atom. The van der Waals surface area contributed by atoms with E-state index in [1.807, 2.05) is 0 Å². The van der Waals surface area contributed by atoms with Crippen molar-refractivity contribution in [1.82, 2.24) is 4.90 Å². The number of amides is 1. The van der Waals surface area contributed by atoms with Crippen LogP contribution in [0.5, 0.6) is 0 Å².